The number of aliphatic hydroxyl groups is 1. The molecular formula is C28H37N3O2. The normalized spacial score (nSPS) is 33.9. The number of aryl methyl sites for hydroxylation is 1. The van der Waals surface area contributed by atoms with E-state index in [4.69, 9.17) is 5.10 Å². The first-order valence-electron chi connectivity index (χ1n) is 13.3. The van der Waals surface area contributed by atoms with E-state index in [0.717, 1.165) is 44.0 Å². The molecule has 1 aromatic heterocycles. The second kappa shape index (κ2) is 7.08. The van der Waals surface area contributed by atoms with Gasteiger partial charge in [-0.2, -0.15) is 5.10 Å². The molecule has 4 aliphatic carbocycles. The highest BCUT2D eigenvalue weighted by molar-refractivity contribution is 5.52. The maximum absolute atomic E-state index is 12.7. The molecule has 1 saturated heterocycles. The molecule has 2 N–H and O–H groups in total. The van der Waals surface area contributed by atoms with Crippen molar-refractivity contribution in [1.29, 1.82) is 0 Å². The van der Waals surface area contributed by atoms with Crippen LogP contribution in [0.4, 0.5) is 0 Å². The third-order valence-electron chi connectivity index (χ3n) is 10.0. The van der Waals surface area contributed by atoms with Crippen molar-refractivity contribution in [1.82, 2.24) is 14.7 Å². The number of rotatable bonds is 3. The molecule has 0 spiro atoms. The molecule has 2 bridgehead atoms. The van der Waals surface area contributed by atoms with Crippen molar-refractivity contribution in [3.05, 3.63) is 46.3 Å². The van der Waals surface area contributed by atoms with Crippen LogP contribution < -0.4 is 0 Å². The lowest BCUT2D eigenvalue weighted by molar-refractivity contribution is -0.152. The second-order valence-corrected chi connectivity index (χ2v) is 11.9. The van der Waals surface area contributed by atoms with Crippen LogP contribution in [-0.2, 0) is 24.7 Å². The summed E-state index contributed by atoms with van der Waals surface area (Å²) in [5.74, 6) is 1.14. The molecule has 5 heteroatoms. The number of hydrogen-bond acceptors (Lipinski definition) is 4. The van der Waals surface area contributed by atoms with E-state index in [0.29, 0.717) is 18.2 Å². The van der Waals surface area contributed by atoms with Crippen LogP contribution in [0, 0.1) is 12.8 Å². The zero-order chi connectivity index (χ0) is 22.4. The standard InChI is InChI=1S/C28H37N3O2/c1-18-23-15-28(33)26-13-20-9-10-22(32)14-24(20)27(28,11-12-30(26)17-19-7-8-19)16-25(23)31(29-18)21-5-3-2-4-6-21/h9-10,14,19,21,26,32-33H,2-8,11-13,15-17H2,1H3/t26-,27-,28-/m1/s1. The summed E-state index contributed by atoms with van der Waals surface area (Å²) in [5.41, 5.74) is 5.18. The van der Waals surface area contributed by atoms with Gasteiger partial charge in [-0.25, -0.2) is 0 Å². The predicted molar refractivity (Wildman–Crippen MR) is 128 cm³/mol. The van der Waals surface area contributed by atoms with Gasteiger partial charge >= 0.3 is 0 Å². The van der Waals surface area contributed by atoms with E-state index in [1.807, 2.05) is 12.1 Å². The van der Waals surface area contributed by atoms with Crippen molar-refractivity contribution in [2.75, 3.05) is 13.1 Å². The number of aromatic nitrogens is 2. The van der Waals surface area contributed by atoms with E-state index in [1.165, 1.54) is 67.3 Å². The molecule has 2 aromatic rings. The van der Waals surface area contributed by atoms with Crippen LogP contribution in [0.1, 0.15) is 85.5 Å². The maximum Gasteiger partial charge on any atom is 0.115 e. The van der Waals surface area contributed by atoms with Gasteiger partial charge < -0.3 is 10.2 Å². The lowest BCUT2D eigenvalue weighted by Crippen LogP contribution is -2.74. The molecule has 3 atom stereocenters. The molecule has 2 saturated carbocycles. The molecule has 0 unspecified atom stereocenters. The topological polar surface area (TPSA) is 61.5 Å². The van der Waals surface area contributed by atoms with Crippen LogP contribution in [0.15, 0.2) is 18.2 Å². The van der Waals surface area contributed by atoms with E-state index >= 15 is 0 Å². The molecule has 5 nitrogen and oxygen atoms in total. The Kier molecular flexibility index (Phi) is 4.40. The Morgan fingerprint density at radius 1 is 1.09 bits per heavy atom. The zero-order valence-electron chi connectivity index (χ0n) is 19.9. The predicted octanol–water partition coefficient (Wildman–Crippen LogP) is 4.21. The third kappa shape index (κ3) is 2.88. The highest BCUT2D eigenvalue weighted by Gasteiger charge is 2.65. The van der Waals surface area contributed by atoms with Gasteiger partial charge in [-0.1, -0.05) is 25.3 Å². The monoisotopic (exact) mass is 447 g/mol. The summed E-state index contributed by atoms with van der Waals surface area (Å²) < 4.78 is 2.38. The highest BCUT2D eigenvalue weighted by Crippen LogP contribution is 2.58. The zero-order valence-corrected chi connectivity index (χ0v) is 19.9. The molecule has 2 heterocycles. The minimum Gasteiger partial charge on any atom is -0.508 e. The minimum absolute atomic E-state index is 0.148. The second-order valence-electron chi connectivity index (χ2n) is 11.9. The smallest absolute Gasteiger partial charge is 0.115 e. The SMILES string of the molecule is Cc1nn(C2CCCCC2)c2c1C[C@@]1(O)[C@H]3Cc4ccc(O)cc4[C@@]1(CCN3CC1CC1)C2. The van der Waals surface area contributed by atoms with Crippen LogP contribution >= 0.6 is 0 Å². The maximum atomic E-state index is 12.7. The first-order valence-corrected chi connectivity index (χ1v) is 13.3. The largest absolute Gasteiger partial charge is 0.508 e. The molecule has 0 radical (unpaired) electrons. The van der Waals surface area contributed by atoms with Crippen molar-refractivity contribution >= 4 is 0 Å². The van der Waals surface area contributed by atoms with Gasteiger partial charge in [0.15, 0.2) is 0 Å². The van der Waals surface area contributed by atoms with E-state index in [2.05, 4.69) is 22.6 Å². The van der Waals surface area contributed by atoms with Gasteiger partial charge in [0, 0.05) is 36.5 Å². The summed E-state index contributed by atoms with van der Waals surface area (Å²) in [6, 6.07) is 6.59. The first kappa shape index (κ1) is 20.5. The molecule has 5 aliphatic rings. The average Bonchev–Trinajstić information content (AvgIpc) is 3.58. The van der Waals surface area contributed by atoms with Gasteiger partial charge in [0.05, 0.1) is 17.3 Å². The molecule has 176 valence electrons. The summed E-state index contributed by atoms with van der Waals surface area (Å²) in [6.45, 7) is 4.33. The van der Waals surface area contributed by atoms with Crippen molar-refractivity contribution in [2.24, 2.45) is 5.92 Å². The van der Waals surface area contributed by atoms with Crippen molar-refractivity contribution in [3.63, 3.8) is 0 Å². The van der Waals surface area contributed by atoms with Gasteiger partial charge in [0.25, 0.3) is 0 Å². The number of hydrogen-bond donors (Lipinski definition) is 2. The van der Waals surface area contributed by atoms with Crippen molar-refractivity contribution in [2.45, 2.75) is 101 Å². The summed E-state index contributed by atoms with van der Waals surface area (Å²) in [6.07, 6.45) is 12.4. The first-order chi connectivity index (χ1) is 16.0. The number of nitrogens with zero attached hydrogens (tertiary/aromatic N) is 3. The number of phenolic OH excluding ortho intramolecular Hbond substituents is 1. The number of piperidine rings is 1. The fraction of sp³-hybridized carbons (Fsp3) is 0.679. The number of aromatic hydroxyl groups is 1. The van der Waals surface area contributed by atoms with E-state index in [1.54, 1.807) is 0 Å². The summed E-state index contributed by atoms with van der Waals surface area (Å²) >= 11 is 0. The number of likely N-dealkylation sites (tertiary alicyclic amines) is 1. The summed E-state index contributed by atoms with van der Waals surface area (Å²) in [5, 5.41) is 28.3. The van der Waals surface area contributed by atoms with Gasteiger partial charge in [-0.15, -0.1) is 0 Å². The van der Waals surface area contributed by atoms with Crippen molar-refractivity contribution < 1.29 is 10.2 Å². The Labute approximate surface area is 196 Å². The van der Waals surface area contributed by atoms with Crippen LogP contribution in [-0.4, -0.2) is 49.6 Å². The van der Waals surface area contributed by atoms with E-state index < -0.39 is 5.60 Å². The minimum atomic E-state index is -0.806. The van der Waals surface area contributed by atoms with Crippen LogP contribution in [0.25, 0.3) is 0 Å². The molecular weight excluding hydrogens is 410 g/mol. The average molecular weight is 448 g/mol. The van der Waals surface area contributed by atoms with Gasteiger partial charge in [0.2, 0.25) is 0 Å². The third-order valence-corrected chi connectivity index (χ3v) is 10.0. The number of fused-ring (bicyclic) bond motifs is 2. The fourth-order valence-corrected chi connectivity index (χ4v) is 8.09. The highest BCUT2D eigenvalue weighted by atomic mass is 16.3. The number of benzene rings is 1. The van der Waals surface area contributed by atoms with E-state index in [9.17, 15) is 10.2 Å². The number of phenols is 1. The van der Waals surface area contributed by atoms with Crippen LogP contribution in [0.5, 0.6) is 5.75 Å². The molecule has 1 aromatic carbocycles. The Bertz CT molecular complexity index is 1100. The summed E-state index contributed by atoms with van der Waals surface area (Å²) in [4.78, 5) is 2.62. The Morgan fingerprint density at radius 3 is 2.70 bits per heavy atom. The van der Waals surface area contributed by atoms with Gasteiger partial charge in [0.1, 0.15) is 5.75 Å². The Hall–Kier alpha value is -1.85. The molecule has 1 aliphatic heterocycles. The fourth-order valence-electron chi connectivity index (χ4n) is 8.09. The lowest BCUT2D eigenvalue weighted by atomic mass is 9.49. The van der Waals surface area contributed by atoms with Crippen LogP contribution in [0.2, 0.25) is 0 Å². The Balaban J connectivity index is 1.39. The van der Waals surface area contributed by atoms with Crippen LogP contribution in [0.3, 0.4) is 0 Å². The van der Waals surface area contributed by atoms with Gasteiger partial charge in [-0.3, -0.25) is 9.58 Å². The van der Waals surface area contributed by atoms with Gasteiger partial charge in [-0.05, 0) is 86.7 Å². The van der Waals surface area contributed by atoms with E-state index in [-0.39, 0.29) is 11.5 Å². The quantitative estimate of drug-likeness (QED) is 0.740. The summed E-state index contributed by atoms with van der Waals surface area (Å²) in [7, 11) is 0. The molecule has 3 fully saturated rings. The molecule has 7 rings (SSSR count). The lowest BCUT2D eigenvalue weighted by Gasteiger charge is -2.63. The van der Waals surface area contributed by atoms with Crippen molar-refractivity contribution in [3.8, 4) is 5.75 Å². The molecule has 33 heavy (non-hydrogen) atoms. The Morgan fingerprint density at radius 2 is 1.91 bits per heavy atom. The molecule has 0 amide bonds.